The predicted octanol–water partition coefficient (Wildman–Crippen LogP) is 1.49. The maximum Gasteiger partial charge on any atom is 0.246 e. The molecule has 2 aromatic rings. The van der Waals surface area contributed by atoms with Crippen molar-refractivity contribution < 1.29 is 57.5 Å². The second-order valence-corrected chi connectivity index (χ2v) is 26.6. The molecule has 0 saturated carbocycles. The van der Waals surface area contributed by atoms with E-state index < -0.39 is 143 Å². The molecule has 26 heteroatoms. The molecule has 12 N–H and O–H groups in total. The number of carbonyl (C=O) groups excluding carboxylic acids is 12. The van der Waals surface area contributed by atoms with E-state index in [0.717, 1.165) is 7.14 Å². The van der Waals surface area contributed by atoms with Crippen molar-refractivity contribution in [1.29, 1.82) is 0 Å². The Morgan fingerprint density at radius 2 is 0.744 bits per heavy atom. The summed E-state index contributed by atoms with van der Waals surface area (Å²) in [6, 6.07) is 1.42. The number of primary amides is 2. The lowest BCUT2D eigenvalue weighted by atomic mass is 9.98. The van der Waals surface area contributed by atoms with E-state index in [4.69, 9.17) is 11.5 Å². The monoisotopic (exact) mass is 1420 g/mol. The van der Waals surface area contributed by atoms with E-state index in [1.54, 1.807) is 52.0 Å². The van der Waals surface area contributed by atoms with Crippen LogP contribution in [0, 0.1) is 30.8 Å². The predicted molar refractivity (Wildman–Crippen MR) is 336 cm³/mol. The van der Waals surface area contributed by atoms with Crippen LogP contribution in [0.2, 0.25) is 0 Å². The lowest BCUT2D eigenvalue weighted by Gasteiger charge is -2.33. The zero-order valence-corrected chi connectivity index (χ0v) is 54.6. The van der Waals surface area contributed by atoms with Gasteiger partial charge in [0.15, 0.2) is 0 Å². The zero-order chi connectivity index (χ0) is 63.7. The molecule has 0 unspecified atom stereocenters. The van der Waals surface area contributed by atoms with Crippen molar-refractivity contribution in [3.05, 3.63) is 66.8 Å². The summed E-state index contributed by atoms with van der Waals surface area (Å²) in [5.74, 6) is -10.8. The standard InChI is InChI=1S/C60H86I2N12O12/c1-31(2)27-41-53(79)69-43(29-35-13-17-37(61)18-14-35)59(85)73-25-9-11-45(73)55(81)72-50(34(7)8)58(84)66-40(22-24-48(64)76)52(78)68-42(28-32(3)4)54(80)70-44(30-36-15-19-38(62)20-16-36)60(86)74-26-10-12-46(74)56(82)71-49(33(5)6)57(83)65-39(51(77)67-41)21-23-47(63)75/h13-20,31-34,39-46,49-50H,9-12,21-30H2,1-8H3,(H2,63,75)(H2,64,76)(H,65,83)(H,66,84)(H,67,77)(H,68,78)(H,69,79)(H,70,80)(H,71,82)(H,72,81)/t39-,40-,41-,42-,43+,44+,45-,46-,49-,50-/m0/s1. The Balaban J connectivity index is 1.61. The molecule has 0 bridgehead atoms. The molecule has 0 aliphatic carbocycles. The molecule has 3 aliphatic heterocycles. The molecule has 5 rings (SSSR count). The quantitative estimate of drug-likeness (QED) is 0.107. The molecular formula is C60H86I2N12O12. The summed E-state index contributed by atoms with van der Waals surface area (Å²) in [6.07, 6.45) is -0.211. The van der Waals surface area contributed by atoms with Gasteiger partial charge in [0.05, 0.1) is 0 Å². The summed E-state index contributed by atoms with van der Waals surface area (Å²) >= 11 is 4.27. The van der Waals surface area contributed by atoms with Crippen LogP contribution in [0.1, 0.15) is 131 Å². The molecule has 0 radical (unpaired) electrons. The molecule has 3 aliphatic rings. The van der Waals surface area contributed by atoms with Gasteiger partial charge in [-0.15, -0.1) is 0 Å². The second-order valence-electron chi connectivity index (χ2n) is 24.1. The third-order valence-electron chi connectivity index (χ3n) is 15.4. The van der Waals surface area contributed by atoms with Gasteiger partial charge in [-0.3, -0.25) is 57.5 Å². The number of benzene rings is 2. The number of amides is 12. The SMILES string of the molecule is CC(C)C[C@@H]1NC(=O)[C@H](CCC(N)=O)NC(=O)[C@H](C(C)C)NC(=O)[C@@H]2CCCN2C(=O)[C@@H](Cc2ccc(I)cc2)NC(=O)[C@H](CC(C)C)NC(=O)[C@H](CCC(N)=O)NC(=O)[C@H](C(C)C)NC(=O)[C@@H]2CCCN2C(=O)[C@@H](Cc2ccc(I)cc2)NC1=O. The van der Waals surface area contributed by atoms with Gasteiger partial charge in [-0.25, -0.2) is 0 Å². The number of nitrogens with zero attached hydrogens (tertiary/aromatic N) is 2. The second kappa shape index (κ2) is 33.0. The number of fused-ring (bicyclic) bond motifs is 2. The van der Waals surface area contributed by atoms with E-state index >= 15 is 0 Å². The molecule has 0 spiro atoms. The van der Waals surface area contributed by atoms with Gasteiger partial charge in [-0.1, -0.05) is 79.7 Å². The minimum absolute atomic E-state index is 0.0414. The average molecular weight is 1420 g/mol. The number of hydrogen-bond donors (Lipinski definition) is 10. The third-order valence-corrected chi connectivity index (χ3v) is 16.8. The van der Waals surface area contributed by atoms with E-state index in [-0.39, 0.29) is 89.1 Å². The van der Waals surface area contributed by atoms with Crippen molar-refractivity contribution in [2.24, 2.45) is 35.1 Å². The largest absolute Gasteiger partial charge is 0.370 e. The molecule has 3 heterocycles. The Morgan fingerprint density at radius 1 is 0.442 bits per heavy atom. The number of rotatable bonds is 16. The van der Waals surface area contributed by atoms with Gasteiger partial charge in [-0.2, -0.15) is 0 Å². The lowest BCUT2D eigenvalue weighted by molar-refractivity contribution is -0.143. The molecule has 2 aromatic carbocycles. The normalized spacial score (nSPS) is 25.8. The molecule has 0 aromatic heterocycles. The minimum Gasteiger partial charge on any atom is -0.370 e. The van der Waals surface area contributed by atoms with Crippen molar-refractivity contribution in [2.75, 3.05) is 13.1 Å². The van der Waals surface area contributed by atoms with Crippen LogP contribution in [0.15, 0.2) is 48.5 Å². The molecule has 3 fully saturated rings. The van der Waals surface area contributed by atoms with Gasteiger partial charge in [0.1, 0.15) is 60.4 Å². The number of nitrogens with two attached hydrogens (primary N) is 2. The van der Waals surface area contributed by atoms with Crippen molar-refractivity contribution in [1.82, 2.24) is 52.3 Å². The van der Waals surface area contributed by atoms with Crippen molar-refractivity contribution in [2.45, 2.75) is 193 Å². The smallest absolute Gasteiger partial charge is 0.246 e. The summed E-state index contributed by atoms with van der Waals surface area (Å²) in [6.45, 7) is 14.1. The Bertz CT molecular complexity index is 2600. The van der Waals surface area contributed by atoms with Gasteiger partial charge in [0.25, 0.3) is 0 Å². The number of nitrogens with one attached hydrogen (secondary N) is 8. The molecule has 86 heavy (non-hydrogen) atoms. The fourth-order valence-corrected chi connectivity index (χ4v) is 11.5. The fourth-order valence-electron chi connectivity index (χ4n) is 10.8. The Hall–Kier alpha value is -6.46. The number of halogens is 2. The molecule has 12 amide bonds. The van der Waals surface area contributed by atoms with Crippen LogP contribution in [0.4, 0.5) is 0 Å². The van der Waals surface area contributed by atoms with Crippen LogP contribution in [0.25, 0.3) is 0 Å². The highest BCUT2D eigenvalue weighted by atomic mass is 127. The van der Waals surface area contributed by atoms with Crippen molar-refractivity contribution in [3.8, 4) is 0 Å². The van der Waals surface area contributed by atoms with Crippen LogP contribution < -0.4 is 54.0 Å². The van der Waals surface area contributed by atoms with E-state index in [9.17, 15) is 57.5 Å². The first-order chi connectivity index (χ1) is 40.5. The van der Waals surface area contributed by atoms with Gasteiger partial charge in [0.2, 0.25) is 70.9 Å². The van der Waals surface area contributed by atoms with E-state index in [1.165, 1.54) is 9.80 Å². The van der Waals surface area contributed by atoms with Crippen LogP contribution in [-0.2, 0) is 70.4 Å². The van der Waals surface area contributed by atoms with Gasteiger partial charge < -0.3 is 63.8 Å². The summed E-state index contributed by atoms with van der Waals surface area (Å²) in [7, 11) is 0. The maximum absolute atomic E-state index is 15.0. The van der Waals surface area contributed by atoms with Crippen molar-refractivity contribution in [3.63, 3.8) is 0 Å². The highest BCUT2D eigenvalue weighted by Gasteiger charge is 2.43. The maximum atomic E-state index is 15.0. The van der Waals surface area contributed by atoms with E-state index in [2.05, 4.69) is 87.7 Å². The lowest BCUT2D eigenvalue weighted by Crippen LogP contribution is -2.62. The molecule has 472 valence electrons. The topological polar surface area (TPSA) is 360 Å². The molecular weight excluding hydrogens is 1330 g/mol. The highest BCUT2D eigenvalue weighted by molar-refractivity contribution is 14.1. The molecule has 3 saturated heterocycles. The fraction of sp³-hybridized carbons (Fsp3) is 0.600. The first-order valence-corrected chi connectivity index (χ1v) is 31.8. The first kappa shape index (κ1) is 70.3. The summed E-state index contributed by atoms with van der Waals surface area (Å²) in [5, 5.41) is 22.1. The van der Waals surface area contributed by atoms with Crippen LogP contribution in [0.3, 0.4) is 0 Å². The zero-order valence-electron chi connectivity index (χ0n) is 50.3. The van der Waals surface area contributed by atoms with E-state index in [0.29, 0.717) is 24.0 Å². The summed E-state index contributed by atoms with van der Waals surface area (Å²) in [5.41, 5.74) is 12.4. The van der Waals surface area contributed by atoms with Crippen LogP contribution in [-0.4, -0.2) is 154 Å². The van der Waals surface area contributed by atoms with Gasteiger partial charge >= 0.3 is 0 Å². The average Bonchev–Trinajstić information content (AvgIpc) is 4.35. The Labute approximate surface area is 530 Å². The number of hydrogen-bond acceptors (Lipinski definition) is 12. The van der Waals surface area contributed by atoms with Crippen molar-refractivity contribution >= 4 is 116 Å². The first-order valence-electron chi connectivity index (χ1n) is 29.6. The number of carbonyl (C=O) groups is 12. The third kappa shape index (κ3) is 20.9. The Morgan fingerprint density at radius 3 is 1.05 bits per heavy atom. The summed E-state index contributed by atoms with van der Waals surface area (Å²) < 4.78 is 1.81. The Kier molecular flexibility index (Phi) is 27.0. The van der Waals surface area contributed by atoms with E-state index in [1.807, 2.05) is 52.0 Å². The van der Waals surface area contributed by atoms with Crippen LogP contribution >= 0.6 is 45.2 Å². The molecule has 10 atom stereocenters. The minimum atomic E-state index is -1.47. The van der Waals surface area contributed by atoms with Gasteiger partial charge in [0, 0.05) is 45.9 Å². The van der Waals surface area contributed by atoms with Crippen LogP contribution in [0.5, 0.6) is 0 Å². The highest BCUT2D eigenvalue weighted by Crippen LogP contribution is 2.24. The molecule has 24 nitrogen and oxygen atoms in total. The van der Waals surface area contributed by atoms with Gasteiger partial charge in [-0.05, 0) is 156 Å². The summed E-state index contributed by atoms with van der Waals surface area (Å²) in [4.78, 5) is 173.